The highest BCUT2D eigenvalue weighted by atomic mass is 32.2. The van der Waals surface area contributed by atoms with E-state index < -0.39 is 20.7 Å². The van der Waals surface area contributed by atoms with Crippen molar-refractivity contribution >= 4 is 15.7 Å². The van der Waals surface area contributed by atoms with Gasteiger partial charge in [0.25, 0.3) is 0 Å². The predicted octanol–water partition coefficient (Wildman–Crippen LogP) is 2.45. The number of sulfonamides is 1. The number of aryl methyl sites for hydroxylation is 1. The van der Waals surface area contributed by atoms with E-state index in [-0.39, 0.29) is 12.2 Å². The zero-order chi connectivity index (χ0) is 15.5. The smallest absolute Gasteiger partial charge is 0.243 e. The summed E-state index contributed by atoms with van der Waals surface area (Å²) in [4.78, 5) is -0.434. The third-order valence-corrected chi connectivity index (χ3v) is 4.61. The fourth-order valence-electron chi connectivity index (χ4n) is 2.05. The Hall–Kier alpha value is -1.92. The van der Waals surface area contributed by atoms with Crippen molar-refractivity contribution in [1.29, 1.82) is 0 Å². The molecule has 0 aliphatic rings. The molecule has 2 aromatic carbocycles. The number of nitrogen functional groups attached to an aromatic ring is 1. The zero-order valence-corrected chi connectivity index (χ0v) is 12.5. The highest BCUT2D eigenvalue weighted by Gasteiger charge is 2.19. The molecule has 0 radical (unpaired) electrons. The van der Waals surface area contributed by atoms with Gasteiger partial charge < -0.3 is 5.73 Å². The molecule has 0 amide bonds. The van der Waals surface area contributed by atoms with Gasteiger partial charge in [-0.1, -0.05) is 31.2 Å². The third-order valence-electron chi connectivity index (χ3n) is 3.20. The number of nitrogens with one attached hydrogen (secondary N) is 1. The van der Waals surface area contributed by atoms with Gasteiger partial charge in [-0.2, -0.15) is 0 Å². The van der Waals surface area contributed by atoms with Gasteiger partial charge in [0.05, 0.1) is 0 Å². The second-order valence-corrected chi connectivity index (χ2v) is 6.37. The van der Waals surface area contributed by atoms with Crippen molar-refractivity contribution in [1.82, 2.24) is 4.72 Å². The Morgan fingerprint density at radius 1 is 1.14 bits per heavy atom. The molecule has 112 valence electrons. The fourth-order valence-corrected chi connectivity index (χ4v) is 3.17. The molecule has 0 atom stereocenters. The largest absolute Gasteiger partial charge is 0.399 e. The molecule has 0 aromatic heterocycles. The van der Waals surface area contributed by atoms with Crippen molar-refractivity contribution in [2.45, 2.75) is 24.8 Å². The molecule has 3 N–H and O–H groups in total. The van der Waals surface area contributed by atoms with Gasteiger partial charge in [-0.3, -0.25) is 0 Å². The van der Waals surface area contributed by atoms with Crippen LogP contribution in [0.1, 0.15) is 18.1 Å². The van der Waals surface area contributed by atoms with E-state index in [0.29, 0.717) is 0 Å². The molecule has 0 heterocycles. The van der Waals surface area contributed by atoms with Crippen LogP contribution in [0.5, 0.6) is 0 Å². The van der Waals surface area contributed by atoms with E-state index in [0.717, 1.165) is 29.7 Å². The van der Waals surface area contributed by atoms with Crippen LogP contribution in [0.2, 0.25) is 0 Å². The summed E-state index contributed by atoms with van der Waals surface area (Å²) >= 11 is 0. The van der Waals surface area contributed by atoms with Gasteiger partial charge in [-0.25, -0.2) is 17.5 Å². The Morgan fingerprint density at radius 3 is 2.48 bits per heavy atom. The van der Waals surface area contributed by atoms with Crippen LogP contribution in [0, 0.1) is 5.82 Å². The Bertz CT molecular complexity index is 745. The van der Waals surface area contributed by atoms with Gasteiger partial charge in [0.1, 0.15) is 10.7 Å². The molecule has 0 fully saturated rings. The number of hydrogen-bond acceptors (Lipinski definition) is 3. The first kappa shape index (κ1) is 15.5. The van der Waals surface area contributed by atoms with E-state index in [9.17, 15) is 12.8 Å². The summed E-state index contributed by atoms with van der Waals surface area (Å²) in [7, 11) is -3.94. The highest BCUT2D eigenvalue weighted by Crippen LogP contribution is 2.18. The second kappa shape index (κ2) is 6.24. The van der Waals surface area contributed by atoms with Crippen molar-refractivity contribution in [3.63, 3.8) is 0 Å². The predicted molar refractivity (Wildman–Crippen MR) is 80.7 cm³/mol. The first-order valence-electron chi connectivity index (χ1n) is 6.55. The van der Waals surface area contributed by atoms with E-state index in [1.54, 1.807) is 0 Å². The van der Waals surface area contributed by atoms with E-state index >= 15 is 0 Å². The van der Waals surface area contributed by atoms with Crippen LogP contribution in [0.25, 0.3) is 0 Å². The number of halogens is 1. The Morgan fingerprint density at radius 2 is 1.81 bits per heavy atom. The van der Waals surface area contributed by atoms with Gasteiger partial charge in [-0.05, 0) is 35.7 Å². The average molecular weight is 308 g/mol. The van der Waals surface area contributed by atoms with Crippen molar-refractivity contribution in [2.24, 2.45) is 0 Å². The fraction of sp³-hybridized carbons (Fsp3) is 0.200. The number of nitrogens with two attached hydrogens (primary N) is 1. The van der Waals surface area contributed by atoms with Crippen LogP contribution < -0.4 is 10.5 Å². The van der Waals surface area contributed by atoms with Crippen LogP contribution in [0.15, 0.2) is 47.4 Å². The summed E-state index contributed by atoms with van der Waals surface area (Å²) in [5.41, 5.74) is 7.64. The monoisotopic (exact) mass is 308 g/mol. The van der Waals surface area contributed by atoms with E-state index in [1.165, 1.54) is 6.07 Å². The maximum absolute atomic E-state index is 13.7. The summed E-state index contributed by atoms with van der Waals surface area (Å²) in [5, 5.41) is 0. The molecule has 6 heteroatoms. The number of rotatable bonds is 5. The summed E-state index contributed by atoms with van der Waals surface area (Å²) in [6.45, 7) is 2.10. The lowest BCUT2D eigenvalue weighted by Crippen LogP contribution is -2.24. The van der Waals surface area contributed by atoms with Gasteiger partial charge >= 0.3 is 0 Å². The molecular formula is C15H17FN2O2S. The lowest BCUT2D eigenvalue weighted by atomic mass is 10.1. The maximum Gasteiger partial charge on any atom is 0.243 e. The standard InChI is InChI=1S/C15H17FN2O2S/c1-2-11-5-3-4-6-12(11)10-18-21(19,20)15-9-13(17)7-8-14(15)16/h3-9,18H,2,10,17H2,1H3. The molecule has 0 saturated carbocycles. The molecule has 0 bridgehead atoms. The molecule has 2 rings (SSSR count). The summed E-state index contributed by atoms with van der Waals surface area (Å²) < 4.78 is 40.4. The van der Waals surface area contributed by atoms with Gasteiger partial charge in [-0.15, -0.1) is 0 Å². The highest BCUT2D eigenvalue weighted by molar-refractivity contribution is 7.89. The van der Waals surface area contributed by atoms with Crippen LogP contribution in [-0.2, 0) is 23.0 Å². The first-order valence-corrected chi connectivity index (χ1v) is 8.04. The quantitative estimate of drug-likeness (QED) is 0.833. The molecule has 0 aliphatic heterocycles. The van der Waals surface area contributed by atoms with Gasteiger partial charge in [0, 0.05) is 12.2 Å². The van der Waals surface area contributed by atoms with E-state index in [1.807, 2.05) is 31.2 Å². The number of benzene rings is 2. The van der Waals surface area contributed by atoms with Crippen molar-refractivity contribution in [3.8, 4) is 0 Å². The van der Waals surface area contributed by atoms with Crippen LogP contribution >= 0.6 is 0 Å². The lowest BCUT2D eigenvalue weighted by Gasteiger charge is -2.11. The molecule has 0 unspecified atom stereocenters. The molecule has 21 heavy (non-hydrogen) atoms. The molecule has 0 saturated heterocycles. The van der Waals surface area contributed by atoms with Crippen LogP contribution in [0.3, 0.4) is 0 Å². The minimum absolute atomic E-state index is 0.112. The summed E-state index contributed by atoms with van der Waals surface area (Å²) in [6, 6.07) is 11.0. The summed E-state index contributed by atoms with van der Waals surface area (Å²) in [5.74, 6) is -0.819. The van der Waals surface area contributed by atoms with Gasteiger partial charge in [0.2, 0.25) is 10.0 Å². The SMILES string of the molecule is CCc1ccccc1CNS(=O)(=O)c1cc(N)ccc1F. The Labute approximate surface area is 123 Å². The topological polar surface area (TPSA) is 72.2 Å². The molecule has 0 spiro atoms. The Kier molecular flexibility index (Phi) is 4.59. The van der Waals surface area contributed by atoms with E-state index in [2.05, 4.69) is 4.72 Å². The molecule has 0 aliphatic carbocycles. The Balaban J connectivity index is 2.24. The maximum atomic E-state index is 13.7. The van der Waals surface area contributed by atoms with Crippen LogP contribution in [0.4, 0.5) is 10.1 Å². The number of anilines is 1. The minimum Gasteiger partial charge on any atom is -0.399 e. The van der Waals surface area contributed by atoms with E-state index in [4.69, 9.17) is 5.73 Å². The molecule has 4 nitrogen and oxygen atoms in total. The zero-order valence-electron chi connectivity index (χ0n) is 11.6. The first-order chi connectivity index (χ1) is 9.94. The minimum atomic E-state index is -3.94. The lowest BCUT2D eigenvalue weighted by molar-refractivity contribution is 0.557. The number of hydrogen-bond donors (Lipinski definition) is 2. The van der Waals surface area contributed by atoms with Crippen molar-refractivity contribution in [2.75, 3.05) is 5.73 Å². The second-order valence-electron chi connectivity index (χ2n) is 4.64. The third kappa shape index (κ3) is 3.59. The molecule has 2 aromatic rings. The summed E-state index contributed by atoms with van der Waals surface area (Å²) in [6.07, 6.45) is 0.796. The van der Waals surface area contributed by atoms with Gasteiger partial charge in [0.15, 0.2) is 0 Å². The average Bonchev–Trinajstić information content (AvgIpc) is 2.48. The van der Waals surface area contributed by atoms with Crippen LogP contribution in [-0.4, -0.2) is 8.42 Å². The van der Waals surface area contributed by atoms with Crippen molar-refractivity contribution in [3.05, 3.63) is 59.4 Å². The van der Waals surface area contributed by atoms with Crippen molar-refractivity contribution < 1.29 is 12.8 Å². The molecular weight excluding hydrogens is 291 g/mol. The normalized spacial score (nSPS) is 11.5.